The first kappa shape index (κ1) is 10.6. The Morgan fingerprint density at radius 1 is 1.40 bits per heavy atom. The fraction of sp³-hybridized carbons (Fsp3) is 1.00. The van der Waals surface area contributed by atoms with Crippen LogP contribution in [-0.2, 0) is 4.12 Å². The predicted molar refractivity (Wildman–Crippen MR) is 57.0 cm³/mol. The van der Waals surface area contributed by atoms with Gasteiger partial charge in [0, 0.05) is 10.2 Å². The normalized spacial score (nSPS) is 12.9. The molecule has 0 spiro atoms. The van der Waals surface area contributed by atoms with E-state index in [-0.39, 0.29) is 0 Å². The molecule has 0 radical (unpaired) electrons. The maximum absolute atomic E-state index is 5.98. The van der Waals surface area contributed by atoms with Crippen molar-refractivity contribution >= 4 is 27.6 Å². The monoisotopic (exact) mass is 192 g/mol. The fourth-order valence-electron chi connectivity index (χ4n) is 1.30. The van der Waals surface area contributed by atoms with Gasteiger partial charge in [-0.3, -0.25) is 0 Å². The van der Waals surface area contributed by atoms with E-state index in [0.29, 0.717) is 0 Å². The molecule has 0 aliphatic carbocycles. The van der Waals surface area contributed by atoms with Gasteiger partial charge in [-0.15, -0.1) is 0 Å². The molecule has 0 saturated heterocycles. The Bertz CT molecular complexity index is 93.0. The topological polar surface area (TPSA) is 9.23 Å². The largest absolute Gasteiger partial charge is 0.458 e. The van der Waals surface area contributed by atoms with Gasteiger partial charge in [-0.05, 0) is 32.2 Å². The van der Waals surface area contributed by atoms with Crippen molar-refractivity contribution in [2.24, 2.45) is 0 Å². The van der Waals surface area contributed by atoms with Crippen molar-refractivity contribution in [1.29, 1.82) is 0 Å². The van der Waals surface area contributed by atoms with E-state index in [1.54, 1.807) is 0 Å². The first-order chi connectivity index (χ1) is 4.48. The van der Waals surface area contributed by atoms with Crippen LogP contribution in [0.5, 0.6) is 0 Å². The molecule has 0 aromatic carbocycles. The maximum Gasteiger partial charge on any atom is 0.172 e. The van der Waals surface area contributed by atoms with Crippen LogP contribution in [0, 0.1) is 0 Å². The molecule has 0 aliphatic heterocycles. The fourth-order valence-corrected chi connectivity index (χ4v) is 11.7. The van der Waals surface area contributed by atoms with E-state index in [1.165, 1.54) is 22.3 Å². The Labute approximate surface area is 70.5 Å². The molecule has 0 fully saturated rings. The van der Waals surface area contributed by atoms with Gasteiger partial charge < -0.3 is 4.12 Å². The Morgan fingerprint density at radius 2 is 1.90 bits per heavy atom. The van der Waals surface area contributed by atoms with E-state index in [2.05, 4.69) is 26.2 Å². The number of rotatable bonds is 4. The van der Waals surface area contributed by atoms with Gasteiger partial charge >= 0.3 is 0 Å². The summed E-state index contributed by atoms with van der Waals surface area (Å²) in [7, 11) is -0.579. The standard InChI is InChI=1S/C6H20OSi3/c1-9(2)7-10(3,4)6-5-8/h9H,5-6H2,1-4,8H3. The second-order valence-electron chi connectivity index (χ2n) is 3.68. The Hall–Kier alpha value is 0.611. The van der Waals surface area contributed by atoms with E-state index in [1.807, 2.05) is 0 Å². The molecule has 0 saturated carbocycles. The summed E-state index contributed by atoms with van der Waals surface area (Å²) in [6, 6.07) is 2.80. The molecule has 1 nitrogen and oxygen atoms in total. The highest BCUT2D eigenvalue weighted by atomic mass is 28.4. The molecular formula is C6H20OSi3. The van der Waals surface area contributed by atoms with Crippen LogP contribution in [0.15, 0.2) is 0 Å². The third-order valence-electron chi connectivity index (χ3n) is 1.41. The highest BCUT2D eigenvalue weighted by Gasteiger charge is 2.21. The van der Waals surface area contributed by atoms with Crippen molar-refractivity contribution < 1.29 is 4.12 Å². The third kappa shape index (κ3) is 5.40. The SMILES string of the molecule is C[SiH](C)O[Si](C)(C)CC[SiH3]. The minimum atomic E-state index is -1.17. The molecule has 0 aliphatic rings. The zero-order valence-electron chi connectivity index (χ0n) is 7.90. The molecule has 10 heavy (non-hydrogen) atoms. The highest BCUT2D eigenvalue weighted by Crippen LogP contribution is 2.13. The third-order valence-corrected chi connectivity index (χ3v) is 9.05. The van der Waals surface area contributed by atoms with Crippen molar-refractivity contribution in [2.45, 2.75) is 38.3 Å². The van der Waals surface area contributed by atoms with Gasteiger partial charge in [-0.2, -0.15) is 0 Å². The quantitative estimate of drug-likeness (QED) is 0.604. The van der Waals surface area contributed by atoms with Gasteiger partial charge in [-0.25, -0.2) is 0 Å². The van der Waals surface area contributed by atoms with Crippen molar-refractivity contribution in [3.05, 3.63) is 0 Å². The van der Waals surface area contributed by atoms with E-state index < -0.39 is 17.4 Å². The highest BCUT2D eigenvalue weighted by molar-refractivity contribution is 6.78. The zero-order valence-corrected chi connectivity index (χ0v) is 12.1. The number of hydrogen-bond acceptors (Lipinski definition) is 1. The number of hydrogen-bond donors (Lipinski definition) is 0. The van der Waals surface area contributed by atoms with E-state index in [0.717, 1.165) is 0 Å². The molecule has 0 amide bonds. The summed E-state index contributed by atoms with van der Waals surface area (Å²) in [6.07, 6.45) is 0. The average Bonchev–Trinajstić information content (AvgIpc) is 1.59. The van der Waals surface area contributed by atoms with Crippen molar-refractivity contribution in [3.63, 3.8) is 0 Å². The molecule has 0 aromatic rings. The van der Waals surface area contributed by atoms with Crippen LogP contribution in [0.4, 0.5) is 0 Å². The Kier molecular flexibility index (Phi) is 4.75. The van der Waals surface area contributed by atoms with Crippen molar-refractivity contribution in [1.82, 2.24) is 0 Å². The summed E-state index contributed by atoms with van der Waals surface area (Å²) in [6.45, 7) is 9.22. The average molecular weight is 192 g/mol. The van der Waals surface area contributed by atoms with Crippen LogP contribution in [0.2, 0.25) is 38.3 Å². The van der Waals surface area contributed by atoms with E-state index in [9.17, 15) is 0 Å². The molecule has 0 rings (SSSR count). The van der Waals surface area contributed by atoms with Gasteiger partial charge in [0.25, 0.3) is 0 Å². The van der Waals surface area contributed by atoms with Crippen LogP contribution >= 0.6 is 0 Å². The summed E-state index contributed by atoms with van der Waals surface area (Å²) in [4.78, 5) is 0. The van der Waals surface area contributed by atoms with Crippen molar-refractivity contribution in [3.8, 4) is 0 Å². The van der Waals surface area contributed by atoms with Crippen LogP contribution in [-0.4, -0.2) is 27.6 Å². The summed E-state index contributed by atoms with van der Waals surface area (Å²) < 4.78 is 5.98. The van der Waals surface area contributed by atoms with Gasteiger partial charge in [0.1, 0.15) is 0 Å². The summed E-state index contributed by atoms with van der Waals surface area (Å²) in [5, 5.41) is 0. The lowest BCUT2D eigenvalue weighted by molar-refractivity contribution is 0.573. The van der Waals surface area contributed by atoms with Gasteiger partial charge in [0.05, 0.1) is 0 Å². The minimum absolute atomic E-state index is 0.750. The first-order valence-corrected chi connectivity index (χ1v) is 11.5. The smallest absolute Gasteiger partial charge is 0.172 e. The summed E-state index contributed by atoms with van der Waals surface area (Å²) in [5.74, 6) is 0. The predicted octanol–water partition coefficient (Wildman–Crippen LogP) is 0.975. The van der Waals surface area contributed by atoms with Gasteiger partial charge in [-0.1, -0.05) is 6.04 Å². The van der Waals surface area contributed by atoms with Crippen LogP contribution in [0.3, 0.4) is 0 Å². The molecule has 0 bridgehead atoms. The van der Waals surface area contributed by atoms with Crippen LogP contribution in [0.25, 0.3) is 0 Å². The first-order valence-electron chi connectivity index (χ1n) is 4.16. The molecular weight excluding hydrogens is 172 g/mol. The minimum Gasteiger partial charge on any atom is -0.458 e. The molecule has 0 aromatic heterocycles. The lowest BCUT2D eigenvalue weighted by Crippen LogP contribution is -2.34. The molecule has 0 heterocycles. The maximum atomic E-state index is 5.98. The molecule has 0 atom stereocenters. The second kappa shape index (κ2) is 4.48. The summed E-state index contributed by atoms with van der Waals surface area (Å²) >= 11 is 0. The molecule has 4 heteroatoms. The van der Waals surface area contributed by atoms with Crippen LogP contribution in [0.1, 0.15) is 0 Å². The summed E-state index contributed by atoms with van der Waals surface area (Å²) in [5.41, 5.74) is 0. The lowest BCUT2D eigenvalue weighted by atomic mass is 10.9. The second-order valence-corrected chi connectivity index (χ2v) is 11.7. The van der Waals surface area contributed by atoms with Crippen LogP contribution < -0.4 is 0 Å². The zero-order chi connectivity index (χ0) is 8.20. The van der Waals surface area contributed by atoms with Gasteiger partial charge in [0.15, 0.2) is 17.4 Å². The molecule has 0 N–H and O–H groups in total. The van der Waals surface area contributed by atoms with Crippen molar-refractivity contribution in [2.75, 3.05) is 0 Å². The Morgan fingerprint density at radius 3 is 2.20 bits per heavy atom. The Balaban J connectivity index is 3.63. The van der Waals surface area contributed by atoms with E-state index in [4.69, 9.17) is 4.12 Å². The van der Waals surface area contributed by atoms with Gasteiger partial charge in [0.2, 0.25) is 0 Å². The lowest BCUT2D eigenvalue weighted by Gasteiger charge is -2.24. The molecule has 0 unspecified atom stereocenters. The van der Waals surface area contributed by atoms with E-state index >= 15 is 0 Å². The molecule has 62 valence electrons.